The summed E-state index contributed by atoms with van der Waals surface area (Å²) in [5, 5.41) is 8.48. The molecular weight excluding hydrogens is 524 g/mol. The van der Waals surface area contributed by atoms with E-state index in [1.54, 1.807) is 67.8 Å². The van der Waals surface area contributed by atoms with Gasteiger partial charge in [-0.3, -0.25) is 9.59 Å². The number of nitrogens with zero attached hydrogens (tertiary/aromatic N) is 1. The van der Waals surface area contributed by atoms with Crippen LogP contribution in [0.2, 0.25) is 0 Å². The lowest BCUT2D eigenvalue weighted by atomic mass is 9.87. The molecule has 0 saturated heterocycles. The summed E-state index contributed by atoms with van der Waals surface area (Å²) in [7, 11) is 1.56. The molecule has 1 atom stereocenters. The summed E-state index contributed by atoms with van der Waals surface area (Å²) in [4.78, 5) is 42.7. The number of rotatable bonds is 12. The standard InChI is InChI=1S/C31H36N4O6/c1-5-40-28(41-6-2)20-35-26-10-8-7-9-25(26)31(29(35)37,34-30(38)33-23-13-11-21(3)12-14-23)19-27(36)32-22-15-17-24(39-4)18-16-22/h7-18,28H,5-6,19-20H2,1-4H3,(H,32,36)(H2,33,34,38)/t31-/m0/s1. The van der Waals surface area contributed by atoms with Gasteiger partial charge in [-0.2, -0.15) is 0 Å². The molecular formula is C31H36N4O6. The first-order chi connectivity index (χ1) is 19.8. The Bertz CT molecular complexity index is 1360. The molecule has 3 N–H and O–H groups in total. The molecule has 0 aliphatic carbocycles. The molecule has 0 spiro atoms. The van der Waals surface area contributed by atoms with Gasteiger partial charge in [-0.25, -0.2) is 4.79 Å². The number of fused-ring (bicyclic) bond motifs is 1. The number of benzene rings is 3. The topological polar surface area (TPSA) is 118 Å². The summed E-state index contributed by atoms with van der Waals surface area (Å²) < 4.78 is 16.6. The molecule has 3 aromatic carbocycles. The number of hydrogen-bond donors (Lipinski definition) is 3. The Labute approximate surface area is 240 Å². The summed E-state index contributed by atoms with van der Waals surface area (Å²) in [6.45, 7) is 6.50. The smallest absolute Gasteiger partial charge is 0.320 e. The fourth-order valence-electron chi connectivity index (χ4n) is 4.83. The monoisotopic (exact) mass is 560 g/mol. The Hall–Kier alpha value is -4.41. The maximum atomic E-state index is 14.3. The van der Waals surface area contributed by atoms with E-state index in [9.17, 15) is 14.4 Å². The van der Waals surface area contributed by atoms with Crippen molar-refractivity contribution < 1.29 is 28.6 Å². The zero-order valence-electron chi connectivity index (χ0n) is 23.7. The van der Waals surface area contributed by atoms with Gasteiger partial charge in [-0.05, 0) is 63.2 Å². The maximum Gasteiger partial charge on any atom is 0.320 e. The number of anilines is 3. The molecule has 41 heavy (non-hydrogen) atoms. The highest BCUT2D eigenvalue weighted by molar-refractivity contribution is 6.12. The van der Waals surface area contributed by atoms with E-state index in [0.29, 0.717) is 41.6 Å². The minimum absolute atomic E-state index is 0.0840. The maximum absolute atomic E-state index is 14.3. The first-order valence-corrected chi connectivity index (χ1v) is 13.5. The van der Waals surface area contributed by atoms with E-state index in [4.69, 9.17) is 14.2 Å². The number of carbonyl (C=O) groups excluding carboxylic acids is 3. The van der Waals surface area contributed by atoms with E-state index >= 15 is 0 Å². The molecule has 1 heterocycles. The van der Waals surface area contributed by atoms with Crippen molar-refractivity contribution in [1.82, 2.24) is 5.32 Å². The van der Waals surface area contributed by atoms with Crippen molar-refractivity contribution in [1.29, 1.82) is 0 Å². The Kier molecular flexibility index (Phi) is 9.59. The van der Waals surface area contributed by atoms with Crippen LogP contribution in [0.5, 0.6) is 5.75 Å². The Morgan fingerprint density at radius 3 is 2.12 bits per heavy atom. The number of hydrogen-bond acceptors (Lipinski definition) is 6. The molecule has 0 fully saturated rings. The molecule has 1 aliphatic heterocycles. The Morgan fingerprint density at radius 1 is 0.878 bits per heavy atom. The van der Waals surface area contributed by atoms with Crippen LogP contribution in [0.15, 0.2) is 72.8 Å². The van der Waals surface area contributed by atoms with Gasteiger partial charge in [-0.15, -0.1) is 0 Å². The molecule has 0 bridgehead atoms. The molecule has 10 nitrogen and oxygen atoms in total. The highest BCUT2D eigenvalue weighted by Gasteiger charge is 2.53. The van der Waals surface area contributed by atoms with E-state index in [-0.39, 0.29) is 13.0 Å². The number of carbonyl (C=O) groups is 3. The van der Waals surface area contributed by atoms with Gasteiger partial charge in [-0.1, -0.05) is 35.9 Å². The van der Waals surface area contributed by atoms with Crippen LogP contribution in [0, 0.1) is 6.92 Å². The van der Waals surface area contributed by atoms with Crippen molar-refractivity contribution in [3.05, 3.63) is 83.9 Å². The van der Waals surface area contributed by atoms with Crippen molar-refractivity contribution in [2.75, 3.05) is 42.4 Å². The molecule has 3 aromatic rings. The number of methoxy groups -OCH3 is 1. The molecule has 0 saturated carbocycles. The molecule has 0 radical (unpaired) electrons. The molecule has 216 valence electrons. The number of aryl methyl sites for hydroxylation is 1. The second-order valence-electron chi connectivity index (χ2n) is 9.58. The number of urea groups is 1. The zero-order valence-corrected chi connectivity index (χ0v) is 23.7. The van der Waals surface area contributed by atoms with E-state index in [2.05, 4.69) is 16.0 Å². The van der Waals surface area contributed by atoms with Gasteiger partial charge >= 0.3 is 6.03 Å². The van der Waals surface area contributed by atoms with E-state index in [0.717, 1.165) is 5.56 Å². The third-order valence-electron chi connectivity index (χ3n) is 6.74. The summed E-state index contributed by atoms with van der Waals surface area (Å²) in [6, 6.07) is 20.6. The summed E-state index contributed by atoms with van der Waals surface area (Å²) >= 11 is 0. The van der Waals surface area contributed by atoms with Crippen molar-refractivity contribution in [3.63, 3.8) is 0 Å². The largest absolute Gasteiger partial charge is 0.497 e. The zero-order chi connectivity index (χ0) is 29.4. The molecule has 4 rings (SSSR count). The fraction of sp³-hybridized carbons (Fsp3) is 0.323. The Balaban J connectivity index is 1.68. The lowest BCUT2D eigenvalue weighted by molar-refractivity contribution is -0.138. The van der Waals surface area contributed by atoms with Crippen molar-refractivity contribution in [3.8, 4) is 5.75 Å². The minimum Gasteiger partial charge on any atom is -0.497 e. The predicted molar refractivity (Wildman–Crippen MR) is 157 cm³/mol. The third-order valence-corrected chi connectivity index (χ3v) is 6.74. The van der Waals surface area contributed by atoms with E-state index in [1.165, 1.54) is 4.90 Å². The van der Waals surface area contributed by atoms with Gasteiger partial charge in [0, 0.05) is 30.2 Å². The van der Waals surface area contributed by atoms with Crippen LogP contribution in [-0.4, -0.2) is 51.0 Å². The molecule has 0 unspecified atom stereocenters. The lowest BCUT2D eigenvalue weighted by Gasteiger charge is -2.30. The quantitative estimate of drug-likeness (QED) is 0.274. The lowest BCUT2D eigenvalue weighted by Crippen LogP contribution is -2.56. The average Bonchev–Trinajstić information content (AvgIpc) is 3.17. The van der Waals surface area contributed by atoms with Gasteiger partial charge < -0.3 is 35.1 Å². The van der Waals surface area contributed by atoms with Gasteiger partial charge in [0.2, 0.25) is 5.91 Å². The van der Waals surface area contributed by atoms with Gasteiger partial charge in [0.25, 0.3) is 5.91 Å². The number of amides is 4. The Morgan fingerprint density at radius 2 is 1.49 bits per heavy atom. The van der Waals surface area contributed by atoms with E-state index in [1.807, 2.05) is 32.9 Å². The minimum atomic E-state index is -1.69. The molecule has 1 aliphatic rings. The van der Waals surface area contributed by atoms with Gasteiger partial charge in [0.15, 0.2) is 11.8 Å². The van der Waals surface area contributed by atoms with Crippen molar-refractivity contribution in [2.45, 2.75) is 39.0 Å². The molecule has 4 amide bonds. The second kappa shape index (κ2) is 13.3. The van der Waals surface area contributed by atoms with Crippen LogP contribution in [0.1, 0.15) is 31.4 Å². The average molecular weight is 561 g/mol. The van der Waals surface area contributed by atoms with Crippen LogP contribution in [-0.2, 0) is 24.6 Å². The summed E-state index contributed by atoms with van der Waals surface area (Å²) in [5.74, 6) is -0.281. The predicted octanol–water partition coefficient (Wildman–Crippen LogP) is 4.80. The third kappa shape index (κ3) is 6.85. The highest BCUT2D eigenvalue weighted by Crippen LogP contribution is 2.43. The van der Waals surface area contributed by atoms with Crippen LogP contribution >= 0.6 is 0 Å². The molecule has 0 aromatic heterocycles. The van der Waals surface area contributed by atoms with E-state index < -0.39 is 29.7 Å². The van der Waals surface area contributed by atoms with Crippen LogP contribution in [0.4, 0.5) is 21.9 Å². The van der Waals surface area contributed by atoms with Gasteiger partial charge in [0.1, 0.15) is 5.75 Å². The number of nitrogens with one attached hydrogen (secondary N) is 3. The van der Waals surface area contributed by atoms with Gasteiger partial charge in [0.05, 0.1) is 25.8 Å². The fourth-order valence-corrected chi connectivity index (χ4v) is 4.83. The SMILES string of the molecule is CCOC(CN1C(=O)[C@@](CC(=O)Nc2ccc(OC)cc2)(NC(=O)Nc2ccc(C)cc2)c2ccccc21)OCC. The molecule has 10 heteroatoms. The summed E-state index contributed by atoms with van der Waals surface area (Å²) in [6.07, 6.45) is -1.03. The summed E-state index contributed by atoms with van der Waals surface area (Å²) in [5.41, 5.74) is 1.49. The van der Waals surface area contributed by atoms with Crippen LogP contribution < -0.4 is 25.6 Å². The number of para-hydroxylation sites is 1. The highest BCUT2D eigenvalue weighted by atomic mass is 16.7. The first-order valence-electron chi connectivity index (χ1n) is 13.5. The van der Waals surface area contributed by atoms with Crippen LogP contribution in [0.25, 0.3) is 0 Å². The first kappa shape index (κ1) is 29.6. The van der Waals surface area contributed by atoms with Crippen molar-refractivity contribution in [2.24, 2.45) is 0 Å². The second-order valence-corrected chi connectivity index (χ2v) is 9.58. The number of ether oxygens (including phenoxy) is 3. The van der Waals surface area contributed by atoms with Crippen LogP contribution in [0.3, 0.4) is 0 Å². The van der Waals surface area contributed by atoms with Crippen molar-refractivity contribution >= 4 is 34.9 Å². The normalized spacial score (nSPS) is 15.9.